The molecule has 3 N–H and O–H groups in total. The fourth-order valence-corrected chi connectivity index (χ4v) is 2.54. The molecule has 2 aromatic rings. The number of rotatable bonds is 8. The van der Waals surface area contributed by atoms with Gasteiger partial charge in [0.05, 0.1) is 6.54 Å². The number of nitrogens with zero attached hydrogens (tertiary/aromatic N) is 1. The van der Waals surface area contributed by atoms with Gasteiger partial charge >= 0.3 is 0 Å². The van der Waals surface area contributed by atoms with Crippen LogP contribution in [0.5, 0.6) is 5.75 Å². The maximum atomic E-state index is 13.7. The van der Waals surface area contributed by atoms with Gasteiger partial charge in [-0.15, -0.1) is 0 Å². The van der Waals surface area contributed by atoms with Crippen LogP contribution in [-0.4, -0.2) is 42.3 Å². The highest BCUT2D eigenvalue weighted by molar-refractivity contribution is 5.95. The van der Waals surface area contributed by atoms with Crippen LogP contribution in [0.3, 0.4) is 0 Å². The first-order valence-electron chi connectivity index (χ1n) is 8.27. The number of amides is 1. The number of methoxy groups -OCH3 is 1. The lowest BCUT2D eigenvalue weighted by Crippen LogP contribution is -2.35. The van der Waals surface area contributed by atoms with Crippen molar-refractivity contribution in [1.82, 2.24) is 15.2 Å². The molecule has 0 saturated carbocycles. The Morgan fingerprint density at radius 3 is 2.59 bits per heavy atom. The van der Waals surface area contributed by atoms with E-state index in [-0.39, 0.29) is 24.1 Å². The van der Waals surface area contributed by atoms with Gasteiger partial charge in [-0.05, 0) is 13.1 Å². The third kappa shape index (κ3) is 4.63. The molecule has 156 valence electrons. The number of nitrogens with one attached hydrogen (secondary N) is 2. The van der Waals surface area contributed by atoms with Crippen molar-refractivity contribution in [1.29, 1.82) is 0 Å². The van der Waals surface area contributed by atoms with E-state index in [1.807, 2.05) is 0 Å². The smallest absolute Gasteiger partial charge is 0.257 e. The first-order chi connectivity index (χ1) is 13.7. The molecule has 0 radical (unpaired) electrons. The third-order valence-corrected chi connectivity index (χ3v) is 4.18. The number of hydrogen-bond acceptors (Lipinski definition) is 6. The van der Waals surface area contributed by atoms with E-state index in [2.05, 4.69) is 10.6 Å². The summed E-state index contributed by atoms with van der Waals surface area (Å²) in [7, 11) is 2.95. The topological polar surface area (TPSA) is 110 Å². The monoisotopic (exact) mass is 413 g/mol. The van der Waals surface area contributed by atoms with E-state index in [9.17, 15) is 32.7 Å². The van der Waals surface area contributed by atoms with Gasteiger partial charge in [0.2, 0.25) is 5.43 Å². The first kappa shape index (κ1) is 22.1. The number of aromatic nitrogens is 1. The standard InChI is InChI=1S/C18H18F3N3O5/c1-22-13(29-2)7-24-6-10(16(26)17(27)12(24)8-25)18(28)23-5-9-3-4-11(19)15(21)14(9)20/h3-4,6,8,13,22,27H,5,7H2,1-2H3,(H,23,28). The highest BCUT2D eigenvalue weighted by Gasteiger charge is 2.21. The highest BCUT2D eigenvalue weighted by atomic mass is 19.2. The molecule has 1 heterocycles. The molecule has 1 atom stereocenters. The van der Waals surface area contributed by atoms with Crippen LogP contribution in [0.2, 0.25) is 0 Å². The number of hydrogen-bond donors (Lipinski definition) is 3. The third-order valence-electron chi connectivity index (χ3n) is 4.18. The molecular formula is C18H18F3N3O5. The van der Waals surface area contributed by atoms with Crippen LogP contribution in [0.15, 0.2) is 23.1 Å². The molecule has 0 aliphatic carbocycles. The van der Waals surface area contributed by atoms with Gasteiger partial charge in [-0.3, -0.25) is 19.7 Å². The quantitative estimate of drug-likeness (QED) is 0.337. The summed E-state index contributed by atoms with van der Waals surface area (Å²) in [5.41, 5.74) is -2.37. The molecule has 0 saturated heterocycles. The Kier molecular flexibility index (Phi) is 7.13. The zero-order chi connectivity index (χ0) is 21.7. The number of carbonyl (C=O) groups excluding carboxylic acids is 2. The number of carbonyl (C=O) groups is 2. The van der Waals surface area contributed by atoms with Crippen LogP contribution in [0.25, 0.3) is 0 Å². The van der Waals surface area contributed by atoms with Crippen molar-refractivity contribution in [3.8, 4) is 5.75 Å². The predicted octanol–water partition coefficient (Wildman–Crippen LogP) is 0.906. The Balaban J connectivity index is 2.34. The fourth-order valence-electron chi connectivity index (χ4n) is 2.54. The molecule has 0 aliphatic rings. The Morgan fingerprint density at radius 1 is 1.31 bits per heavy atom. The highest BCUT2D eigenvalue weighted by Crippen LogP contribution is 2.16. The summed E-state index contributed by atoms with van der Waals surface area (Å²) >= 11 is 0. The summed E-state index contributed by atoms with van der Waals surface area (Å²) in [4.78, 5) is 35.9. The van der Waals surface area contributed by atoms with Gasteiger partial charge in [-0.2, -0.15) is 0 Å². The number of pyridine rings is 1. The summed E-state index contributed by atoms with van der Waals surface area (Å²) in [5.74, 6) is -6.51. The van der Waals surface area contributed by atoms with E-state index < -0.39 is 52.9 Å². The summed E-state index contributed by atoms with van der Waals surface area (Å²) in [5, 5.41) is 15.0. The molecule has 1 amide bonds. The minimum absolute atomic E-state index is 0.0347. The van der Waals surface area contributed by atoms with Gasteiger partial charge < -0.3 is 19.7 Å². The molecule has 8 nitrogen and oxygen atoms in total. The number of aldehydes is 1. The van der Waals surface area contributed by atoms with Gasteiger partial charge in [0.15, 0.2) is 29.5 Å². The van der Waals surface area contributed by atoms with E-state index in [1.54, 1.807) is 7.05 Å². The molecule has 1 unspecified atom stereocenters. The molecule has 1 aromatic carbocycles. The summed E-state index contributed by atoms with van der Waals surface area (Å²) < 4.78 is 46.2. The second kappa shape index (κ2) is 9.34. The van der Waals surface area contributed by atoms with Crippen LogP contribution in [0.1, 0.15) is 26.4 Å². The molecule has 11 heteroatoms. The Morgan fingerprint density at radius 2 is 2.00 bits per heavy atom. The van der Waals surface area contributed by atoms with E-state index in [0.29, 0.717) is 6.07 Å². The predicted molar refractivity (Wildman–Crippen MR) is 95.1 cm³/mol. The average Bonchev–Trinajstić information content (AvgIpc) is 2.71. The summed E-state index contributed by atoms with van der Waals surface area (Å²) in [6, 6.07) is 1.63. The van der Waals surface area contributed by atoms with Crippen molar-refractivity contribution in [2.45, 2.75) is 19.3 Å². The molecule has 0 aliphatic heterocycles. The van der Waals surface area contributed by atoms with Crippen LogP contribution in [0.4, 0.5) is 13.2 Å². The van der Waals surface area contributed by atoms with E-state index in [1.165, 1.54) is 7.11 Å². The SMILES string of the molecule is CNC(Cn1cc(C(=O)NCc2ccc(F)c(F)c2F)c(=O)c(O)c1C=O)OC. The zero-order valence-electron chi connectivity index (χ0n) is 15.5. The maximum absolute atomic E-state index is 13.7. The second-order valence-corrected chi connectivity index (χ2v) is 5.91. The van der Waals surface area contributed by atoms with Crippen LogP contribution in [0, 0.1) is 17.5 Å². The largest absolute Gasteiger partial charge is 0.503 e. The zero-order valence-corrected chi connectivity index (χ0v) is 15.5. The molecule has 1 aromatic heterocycles. The van der Waals surface area contributed by atoms with Crippen molar-refractivity contribution in [2.24, 2.45) is 0 Å². The van der Waals surface area contributed by atoms with Crippen LogP contribution < -0.4 is 16.1 Å². The molecule has 0 spiro atoms. The van der Waals surface area contributed by atoms with E-state index in [0.717, 1.165) is 16.8 Å². The molecule has 29 heavy (non-hydrogen) atoms. The average molecular weight is 413 g/mol. The van der Waals surface area contributed by atoms with E-state index >= 15 is 0 Å². The van der Waals surface area contributed by atoms with Crippen LogP contribution >= 0.6 is 0 Å². The van der Waals surface area contributed by atoms with Crippen molar-refractivity contribution in [3.05, 3.63) is 62.8 Å². The van der Waals surface area contributed by atoms with Gasteiger partial charge in [-0.1, -0.05) is 6.07 Å². The number of halogens is 3. The lowest BCUT2D eigenvalue weighted by Gasteiger charge is -2.19. The van der Waals surface area contributed by atoms with Crippen molar-refractivity contribution in [2.75, 3.05) is 14.2 Å². The number of likely N-dealkylation sites (N-methyl/N-ethyl adjacent to an activating group) is 1. The maximum Gasteiger partial charge on any atom is 0.257 e. The fraction of sp³-hybridized carbons (Fsp3) is 0.278. The lowest BCUT2D eigenvalue weighted by molar-refractivity contribution is 0.0651. The summed E-state index contributed by atoms with van der Waals surface area (Å²) in [6.07, 6.45) is 0.673. The van der Waals surface area contributed by atoms with Gasteiger partial charge in [0.25, 0.3) is 5.91 Å². The lowest BCUT2D eigenvalue weighted by atomic mass is 10.1. The van der Waals surface area contributed by atoms with Gasteiger partial charge in [0.1, 0.15) is 17.5 Å². The van der Waals surface area contributed by atoms with Crippen LogP contribution in [-0.2, 0) is 17.8 Å². The minimum atomic E-state index is -1.69. The number of benzene rings is 1. The Hall–Kier alpha value is -3.18. The molecule has 0 bridgehead atoms. The Bertz CT molecular complexity index is 990. The van der Waals surface area contributed by atoms with Crippen molar-refractivity contribution >= 4 is 12.2 Å². The second-order valence-electron chi connectivity index (χ2n) is 5.91. The van der Waals surface area contributed by atoms with Crippen molar-refractivity contribution < 1.29 is 32.6 Å². The normalized spacial score (nSPS) is 11.9. The summed E-state index contributed by atoms with van der Waals surface area (Å²) in [6.45, 7) is -0.582. The number of ether oxygens (including phenoxy) is 1. The number of aromatic hydroxyl groups is 1. The molecule has 2 rings (SSSR count). The molecule has 0 fully saturated rings. The molecular weight excluding hydrogens is 395 g/mol. The van der Waals surface area contributed by atoms with Gasteiger partial charge in [0, 0.05) is 25.4 Å². The minimum Gasteiger partial charge on any atom is -0.503 e. The first-order valence-corrected chi connectivity index (χ1v) is 8.27. The van der Waals surface area contributed by atoms with Gasteiger partial charge in [-0.25, -0.2) is 13.2 Å². The van der Waals surface area contributed by atoms with E-state index in [4.69, 9.17) is 4.74 Å². The van der Waals surface area contributed by atoms with Crippen molar-refractivity contribution in [3.63, 3.8) is 0 Å². The Labute approximate surface area is 162 Å².